The van der Waals surface area contributed by atoms with E-state index in [1.54, 1.807) is 14.2 Å². The van der Waals surface area contributed by atoms with Crippen molar-refractivity contribution in [3.8, 4) is 11.5 Å². The number of esters is 1. The molecule has 2 aromatic carbocycles. The standard InChI is InChI=1S/C31H35N3O6S/c1-21-28(30(36)39-16-15-37-2)29(34-24(20-41-31(34)32-21)18-27(35)33-13-7-8-14-33)23-11-12-25(26(17-23)38-3)40-19-22-9-5-4-6-10-22/h4-6,9-12,17,20,29H,7-8,13-16,18-19H2,1-3H3/t29-/m0/s1. The first-order chi connectivity index (χ1) is 20.0. The number of amides is 1. The molecule has 5 rings (SSSR count). The van der Waals surface area contributed by atoms with E-state index < -0.39 is 12.0 Å². The van der Waals surface area contributed by atoms with Gasteiger partial charge in [0.1, 0.15) is 13.2 Å². The van der Waals surface area contributed by atoms with E-state index in [1.807, 2.05) is 70.7 Å². The van der Waals surface area contributed by atoms with E-state index in [9.17, 15) is 9.59 Å². The first kappa shape index (κ1) is 28.8. The van der Waals surface area contributed by atoms with Crippen molar-refractivity contribution in [1.29, 1.82) is 0 Å². The maximum Gasteiger partial charge on any atom is 0.338 e. The number of likely N-dealkylation sites (tertiary alicyclic amines) is 1. The van der Waals surface area contributed by atoms with Crippen LogP contribution in [0, 0.1) is 0 Å². The second-order valence-electron chi connectivity index (χ2n) is 9.97. The lowest BCUT2D eigenvalue weighted by Gasteiger charge is -2.36. The lowest BCUT2D eigenvalue weighted by atomic mass is 9.93. The maximum absolute atomic E-state index is 13.5. The minimum absolute atomic E-state index is 0.0760. The monoisotopic (exact) mass is 577 g/mol. The summed E-state index contributed by atoms with van der Waals surface area (Å²) in [5.41, 5.74) is 3.61. The number of benzene rings is 2. The summed E-state index contributed by atoms with van der Waals surface area (Å²) in [5.74, 6) is 0.730. The van der Waals surface area contributed by atoms with Gasteiger partial charge in [-0.2, -0.15) is 0 Å². The van der Waals surface area contributed by atoms with Crippen molar-refractivity contribution in [2.75, 3.05) is 40.5 Å². The number of fused-ring (bicyclic) bond motifs is 1. The fourth-order valence-corrected chi connectivity index (χ4v) is 6.15. The molecule has 0 spiro atoms. The summed E-state index contributed by atoms with van der Waals surface area (Å²) in [4.78, 5) is 35.3. The largest absolute Gasteiger partial charge is 0.493 e. The van der Waals surface area contributed by atoms with Crippen LogP contribution in [-0.2, 0) is 25.7 Å². The van der Waals surface area contributed by atoms with E-state index in [4.69, 9.17) is 23.9 Å². The van der Waals surface area contributed by atoms with Crippen LogP contribution in [0.15, 0.2) is 75.9 Å². The fourth-order valence-electron chi connectivity index (χ4n) is 5.18. The molecule has 0 radical (unpaired) electrons. The molecule has 1 saturated heterocycles. The van der Waals surface area contributed by atoms with Crippen molar-refractivity contribution < 1.29 is 28.5 Å². The Hall–Kier alpha value is -3.76. The highest BCUT2D eigenvalue weighted by Crippen LogP contribution is 2.46. The molecule has 41 heavy (non-hydrogen) atoms. The molecule has 3 aliphatic rings. The van der Waals surface area contributed by atoms with Crippen LogP contribution in [0.3, 0.4) is 0 Å². The van der Waals surface area contributed by atoms with E-state index in [2.05, 4.69) is 0 Å². The first-order valence-electron chi connectivity index (χ1n) is 13.7. The molecule has 0 bridgehead atoms. The van der Waals surface area contributed by atoms with Crippen molar-refractivity contribution in [2.45, 2.75) is 38.8 Å². The molecule has 0 saturated carbocycles. The summed E-state index contributed by atoms with van der Waals surface area (Å²) in [6, 6.07) is 15.0. The summed E-state index contributed by atoms with van der Waals surface area (Å²) in [5, 5.41) is 2.68. The van der Waals surface area contributed by atoms with Gasteiger partial charge in [0.25, 0.3) is 0 Å². The molecule has 1 amide bonds. The Bertz CT molecular complexity index is 1370. The van der Waals surface area contributed by atoms with Crippen molar-refractivity contribution >= 4 is 28.8 Å². The van der Waals surface area contributed by atoms with Crippen molar-refractivity contribution in [2.24, 2.45) is 4.99 Å². The highest BCUT2D eigenvalue weighted by Gasteiger charge is 2.42. The Kier molecular flexibility index (Phi) is 9.31. The summed E-state index contributed by atoms with van der Waals surface area (Å²) in [7, 11) is 3.15. The molecular weight excluding hydrogens is 542 g/mol. The fraction of sp³-hybridized carbons (Fsp3) is 0.387. The van der Waals surface area contributed by atoms with Gasteiger partial charge in [-0.25, -0.2) is 9.79 Å². The van der Waals surface area contributed by atoms with E-state index in [1.165, 1.54) is 11.8 Å². The van der Waals surface area contributed by atoms with Crippen LogP contribution in [0.25, 0.3) is 0 Å². The average molecular weight is 578 g/mol. The van der Waals surface area contributed by atoms with E-state index in [0.29, 0.717) is 34.5 Å². The van der Waals surface area contributed by atoms with Gasteiger partial charge in [0.2, 0.25) is 5.91 Å². The van der Waals surface area contributed by atoms with Crippen LogP contribution in [-0.4, -0.2) is 67.4 Å². The SMILES string of the molecule is COCCOC(=O)C1=C(C)N=C2SC=C(CC(=O)N3CCCC3)N2[C@H]1c1ccc(OCc2ccccc2)c(OC)c1. The molecule has 2 aromatic rings. The van der Waals surface area contributed by atoms with Gasteiger partial charge in [0.05, 0.1) is 37.4 Å². The molecule has 1 atom stereocenters. The average Bonchev–Trinajstić information content (AvgIpc) is 3.67. The zero-order valence-electron chi connectivity index (χ0n) is 23.6. The normalized spacial score (nSPS) is 18.2. The smallest absolute Gasteiger partial charge is 0.338 e. The molecule has 0 aromatic heterocycles. The highest BCUT2D eigenvalue weighted by atomic mass is 32.2. The Morgan fingerprint density at radius 1 is 1.02 bits per heavy atom. The van der Waals surface area contributed by atoms with Crippen LogP contribution >= 0.6 is 11.8 Å². The third-order valence-corrected chi connectivity index (χ3v) is 8.16. The quantitative estimate of drug-likeness (QED) is 0.271. The Morgan fingerprint density at radius 2 is 1.80 bits per heavy atom. The number of allylic oxidation sites excluding steroid dienone is 1. The van der Waals surface area contributed by atoms with Gasteiger partial charge in [-0.15, -0.1) is 0 Å². The van der Waals surface area contributed by atoms with Gasteiger partial charge in [0.15, 0.2) is 16.7 Å². The molecule has 9 nitrogen and oxygen atoms in total. The third kappa shape index (κ3) is 6.44. The van der Waals surface area contributed by atoms with E-state index in [0.717, 1.165) is 42.8 Å². The number of amidine groups is 1. The molecule has 1 fully saturated rings. The van der Waals surface area contributed by atoms with Crippen LogP contribution in [0.2, 0.25) is 0 Å². The summed E-state index contributed by atoms with van der Waals surface area (Å²) < 4.78 is 22.5. The predicted molar refractivity (Wildman–Crippen MR) is 157 cm³/mol. The number of ether oxygens (including phenoxy) is 4. The summed E-state index contributed by atoms with van der Waals surface area (Å²) >= 11 is 1.46. The van der Waals surface area contributed by atoms with Crippen LogP contribution < -0.4 is 9.47 Å². The third-order valence-electron chi connectivity index (χ3n) is 7.27. The van der Waals surface area contributed by atoms with Gasteiger partial charge >= 0.3 is 5.97 Å². The zero-order valence-corrected chi connectivity index (χ0v) is 24.4. The number of aliphatic imine (C=N–C) groups is 1. The molecule has 0 N–H and O–H groups in total. The first-order valence-corrected chi connectivity index (χ1v) is 14.6. The van der Waals surface area contributed by atoms with E-state index >= 15 is 0 Å². The number of carbonyl (C=O) groups excluding carboxylic acids is 2. The molecule has 3 heterocycles. The maximum atomic E-state index is 13.5. The molecule has 216 valence electrons. The minimum atomic E-state index is -0.567. The molecular formula is C31H35N3O6S. The van der Waals surface area contributed by atoms with E-state index in [-0.39, 0.29) is 25.5 Å². The highest BCUT2D eigenvalue weighted by molar-refractivity contribution is 8.16. The number of carbonyl (C=O) groups is 2. The second kappa shape index (κ2) is 13.3. The zero-order chi connectivity index (χ0) is 28.8. The number of hydrogen-bond donors (Lipinski definition) is 0. The topological polar surface area (TPSA) is 89.9 Å². The lowest BCUT2D eigenvalue weighted by molar-refractivity contribution is -0.141. The lowest BCUT2D eigenvalue weighted by Crippen LogP contribution is -2.38. The molecule has 10 heteroatoms. The van der Waals surface area contributed by atoms with Crippen molar-refractivity contribution in [1.82, 2.24) is 9.80 Å². The molecule has 0 aliphatic carbocycles. The van der Waals surface area contributed by atoms with Gasteiger partial charge in [-0.3, -0.25) is 4.79 Å². The number of thioether (sulfide) groups is 1. The van der Waals surface area contributed by atoms with Crippen LogP contribution in [0.1, 0.15) is 43.4 Å². The molecule has 3 aliphatic heterocycles. The Morgan fingerprint density at radius 3 is 2.54 bits per heavy atom. The van der Waals surface area contributed by atoms with Crippen LogP contribution in [0.4, 0.5) is 0 Å². The van der Waals surface area contributed by atoms with Crippen molar-refractivity contribution in [3.63, 3.8) is 0 Å². The predicted octanol–water partition coefficient (Wildman–Crippen LogP) is 5.05. The second-order valence-corrected chi connectivity index (χ2v) is 10.8. The summed E-state index contributed by atoms with van der Waals surface area (Å²) in [6.45, 7) is 4.17. The van der Waals surface area contributed by atoms with Gasteiger partial charge in [-0.05, 0) is 48.4 Å². The van der Waals surface area contributed by atoms with Crippen LogP contribution in [0.5, 0.6) is 11.5 Å². The van der Waals surface area contributed by atoms with Crippen molar-refractivity contribution in [3.05, 3.63) is 82.0 Å². The van der Waals surface area contributed by atoms with Gasteiger partial charge < -0.3 is 28.7 Å². The Labute approximate surface area is 244 Å². The number of hydrogen-bond acceptors (Lipinski definition) is 9. The number of methoxy groups -OCH3 is 2. The Balaban J connectivity index is 1.48. The molecule has 0 unspecified atom stereocenters. The number of rotatable bonds is 11. The van der Waals surface area contributed by atoms with Gasteiger partial charge in [0, 0.05) is 25.9 Å². The van der Waals surface area contributed by atoms with Gasteiger partial charge in [-0.1, -0.05) is 48.2 Å². The minimum Gasteiger partial charge on any atom is -0.493 e. The number of nitrogens with zero attached hydrogens (tertiary/aromatic N) is 3. The summed E-state index contributed by atoms with van der Waals surface area (Å²) in [6.07, 6.45) is 2.27.